The number of amides is 1. The summed E-state index contributed by atoms with van der Waals surface area (Å²) in [5.41, 5.74) is 2.97. The number of nitrogens with zero attached hydrogens (tertiary/aromatic N) is 3. The number of ether oxygens (including phenoxy) is 2. The van der Waals surface area contributed by atoms with E-state index in [1.807, 2.05) is 47.4 Å². The fraction of sp³-hybridized carbons (Fsp3) is 0.417. The van der Waals surface area contributed by atoms with Crippen LogP contribution in [0.3, 0.4) is 0 Å². The van der Waals surface area contributed by atoms with Crippen LogP contribution in [-0.4, -0.2) is 47.7 Å². The molecule has 0 atom stereocenters. The van der Waals surface area contributed by atoms with E-state index < -0.39 is 0 Å². The zero-order valence-corrected chi connectivity index (χ0v) is 17.8. The third-order valence-corrected chi connectivity index (χ3v) is 5.80. The standard InChI is InChI=1S/C24H29N3O3/c1-29-21-12-11-18(15-22(21)30-2)16-23-25-19-9-5-6-10-20(19)27(23)17-24(28)26-13-7-3-4-8-14-26/h5-6,9-12,15H,3-4,7-8,13-14,16-17H2,1-2H3. The maximum Gasteiger partial charge on any atom is 0.242 e. The summed E-state index contributed by atoms with van der Waals surface area (Å²) < 4.78 is 12.9. The van der Waals surface area contributed by atoms with Crippen molar-refractivity contribution in [3.8, 4) is 11.5 Å². The Balaban J connectivity index is 1.64. The monoisotopic (exact) mass is 407 g/mol. The van der Waals surface area contributed by atoms with E-state index in [0.717, 1.165) is 48.4 Å². The second-order valence-electron chi connectivity index (χ2n) is 7.76. The topological polar surface area (TPSA) is 56.6 Å². The quantitative estimate of drug-likeness (QED) is 0.619. The minimum Gasteiger partial charge on any atom is -0.493 e. The highest BCUT2D eigenvalue weighted by Gasteiger charge is 2.20. The molecule has 6 heteroatoms. The number of imidazole rings is 1. The Kier molecular flexibility index (Phi) is 6.21. The molecule has 0 saturated carbocycles. The Morgan fingerprint density at radius 3 is 2.43 bits per heavy atom. The van der Waals surface area contributed by atoms with Gasteiger partial charge < -0.3 is 18.9 Å². The molecule has 6 nitrogen and oxygen atoms in total. The molecule has 158 valence electrons. The van der Waals surface area contributed by atoms with Crippen molar-refractivity contribution in [3.05, 3.63) is 53.9 Å². The summed E-state index contributed by atoms with van der Waals surface area (Å²) in [4.78, 5) is 20.0. The predicted octanol–water partition coefficient (Wildman–Crippen LogP) is 4.05. The van der Waals surface area contributed by atoms with Crippen LogP contribution in [0.1, 0.15) is 37.1 Å². The molecule has 0 bridgehead atoms. The molecule has 1 aromatic heterocycles. The van der Waals surface area contributed by atoms with Gasteiger partial charge in [-0.3, -0.25) is 4.79 Å². The third kappa shape index (κ3) is 4.27. The van der Waals surface area contributed by atoms with E-state index in [0.29, 0.717) is 24.5 Å². The number of benzene rings is 2. The van der Waals surface area contributed by atoms with Gasteiger partial charge in [-0.25, -0.2) is 4.98 Å². The summed E-state index contributed by atoms with van der Waals surface area (Å²) in [5, 5.41) is 0. The molecule has 0 spiro atoms. The van der Waals surface area contributed by atoms with Crippen molar-refractivity contribution in [2.75, 3.05) is 27.3 Å². The second-order valence-corrected chi connectivity index (χ2v) is 7.76. The average molecular weight is 408 g/mol. The number of aromatic nitrogens is 2. The van der Waals surface area contributed by atoms with E-state index in [4.69, 9.17) is 14.5 Å². The number of likely N-dealkylation sites (tertiary alicyclic amines) is 1. The molecule has 0 N–H and O–H groups in total. The van der Waals surface area contributed by atoms with E-state index in [2.05, 4.69) is 4.57 Å². The lowest BCUT2D eigenvalue weighted by Crippen LogP contribution is -2.34. The zero-order chi connectivity index (χ0) is 20.9. The van der Waals surface area contributed by atoms with E-state index in [9.17, 15) is 4.79 Å². The molecule has 0 unspecified atom stereocenters. The molecule has 1 aliphatic heterocycles. The van der Waals surface area contributed by atoms with Gasteiger partial charge in [0.1, 0.15) is 12.4 Å². The zero-order valence-electron chi connectivity index (χ0n) is 17.8. The van der Waals surface area contributed by atoms with Crippen molar-refractivity contribution in [1.29, 1.82) is 0 Å². The van der Waals surface area contributed by atoms with Gasteiger partial charge >= 0.3 is 0 Å². The lowest BCUT2D eigenvalue weighted by atomic mass is 10.1. The molecular weight excluding hydrogens is 378 g/mol. The van der Waals surface area contributed by atoms with Gasteiger partial charge in [-0.05, 0) is 42.7 Å². The number of rotatable bonds is 6. The van der Waals surface area contributed by atoms with Crippen LogP contribution in [0, 0.1) is 0 Å². The molecule has 2 aromatic carbocycles. The normalized spacial score (nSPS) is 14.5. The molecule has 1 saturated heterocycles. The van der Waals surface area contributed by atoms with Crippen molar-refractivity contribution in [2.45, 2.75) is 38.6 Å². The van der Waals surface area contributed by atoms with Gasteiger partial charge in [0.25, 0.3) is 0 Å². The summed E-state index contributed by atoms with van der Waals surface area (Å²) >= 11 is 0. The van der Waals surface area contributed by atoms with Gasteiger partial charge in [-0.15, -0.1) is 0 Å². The number of carbonyl (C=O) groups excluding carboxylic acids is 1. The smallest absolute Gasteiger partial charge is 0.242 e. The largest absolute Gasteiger partial charge is 0.493 e. The van der Waals surface area contributed by atoms with Crippen LogP contribution >= 0.6 is 0 Å². The molecular formula is C24H29N3O3. The molecule has 0 aliphatic carbocycles. The summed E-state index contributed by atoms with van der Waals surface area (Å²) in [6, 6.07) is 13.9. The molecule has 0 radical (unpaired) electrons. The molecule has 30 heavy (non-hydrogen) atoms. The first-order chi connectivity index (χ1) is 14.7. The van der Waals surface area contributed by atoms with Crippen molar-refractivity contribution in [3.63, 3.8) is 0 Å². The summed E-state index contributed by atoms with van der Waals surface area (Å²) in [5.74, 6) is 2.45. The first kappa shape index (κ1) is 20.3. The fourth-order valence-electron chi connectivity index (χ4n) is 4.17. The lowest BCUT2D eigenvalue weighted by molar-refractivity contribution is -0.131. The highest BCUT2D eigenvalue weighted by molar-refractivity contribution is 5.81. The van der Waals surface area contributed by atoms with Gasteiger partial charge in [0.15, 0.2) is 11.5 Å². The highest BCUT2D eigenvalue weighted by atomic mass is 16.5. The first-order valence-electron chi connectivity index (χ1n) is 10.6. The van der Waals surface area contributed by atoms with Crippen molar-refractivity contribution < 1.29 is 14.3 Å². The lowest BCUT2D eigenvalue weighted by Gasteiger charge is -2.21. The summed E-state index contributed by atoms with van der Waals surface area (Å²) in [6.45, 7) is 2.04. The van der Waals surface area contributed by atoms with E-state index in [1.165, 1.54) is 12.8 Å². The van der Waals surface area contributed by atoms with Gasteiger partial charge in [0.05, 0.1) is 25.3 Å². The molecule has 2 heterocycles. The van der Waals surface area contributed by atoms with Crippen LogP contribution in [0.5, 0.6) is 11.5 Å². The minimum atomic E-state index is 0.175. The van der Waals surface area contributed by atoms with Crippen LogP contribution < -0.4 is 9.47 Å². The Hall–Kier alpha value is -3.02. The number of methoxy groups -OCH3 is 2. The maximum atomic E-state index is 13.1. The summed E-state index contributed by atoms with van der Waals surface area (Å²) in [7, 11) is 3.27. The van der Waals surface area contributed by atoms with Crippen molar-refractivity contribution >= 4 is 16.9 Å². The number of para-hydroxylation sites is 2. The number of carbonyl (C=O) groups is 1. The Morgan fingerprint density at radius 1 is 0.967 bits per heavy atom. The Bertz CT molecular complexity index is 1020. The summed E-state index contributed by atoms with van der Waals surface area (Å²) in [6.07, 6.45) is 5.22. The second kappa shape index (κ2) is 9.20. The van der Waals surface area contributed by atoms with Crippen LogP contribution in [0.4, 0.5) is 0 Å². The van der Waals surface area contributed by atoms with E-state index in [1.54, 1.807) is 14.2 Å². The van der Waals surface area contributed by atoms with Gasteiger partial charge in [0, 0.05) is 19.5 Å². The maximum absolute atomic E-state index is 13.1. The van der Waals surface area contributed by atoms with Crippen LogP contribution in [0.15, 0.2) is 42.5 Å². The van der Waals surface area contributed by atoms with Crippen LogP contribution in [-0.2, 0) is 17.8 Å². The van der Waals surface area contributed by atoms with Gasteiger partial charge in [0.2, 0.25) is 5.91 Å². The minimum absolute atomic E-state index is 0.175. The Labute approximate surface area is 177 Å². The molecule has 1 amide bonds. The SMILES string of the molecule is COc1ccc(Cc2nc3ccccc3n2CC(=O)N2CCCCCC2)cc1OC. The predicted molar refractivity (Wildman–Crippen MR) is 117 cm³/mol. The average Bonchev–Trinajstić information content (AvgIpc) is 2.94. The number of hydrogen-bond donors (Lipinski definition) is 0. The van der Waals surface area contributed by atoms with Crippen LogP contribution in [0.2, 0.25) is 0 Å². The molecule has 3 aromatic rings. The van der Waals surface area contributed by atoms with Crippen molar-refractivity contribution in [2.24, 2.45) is 0 Å². The third-order valence-electron chi connectivity index (χ3n) is 5.80. The number of fused-ring (bicyclic) bond motifs is 1. The van der Waals surface area contributed by atoms with Crippen LogP contribution in [0.25, 0.3) is 11.0 Å². The highest BCUT2D eigenvalue weighted by Crippen LogP contribution is 2.29. The van der Waals surface area contributed by atoms with E-state index >= 15 is 0 Å². The molecule has 1 aliphatic rings. The Morgan fingerprint density at radius 2 is 1.70 bits per heavy atom. The van der Waals surface area contributed by atoms with Gasteiger partial charge in [-0.2, -0.15) is 0 Å². The van der Waals surface area contributed by atoms with E-state index in [-0.39, 0.29) is 5.91 Å². The molecule has 1 fully saturated rings. The number of hydrogen-bond acceptors (Lipinski definition) is 4. The fourth-order valence-corrected chi connectivity index (χ4v) is 4.17. The van der Waals surface area contributed by atoms with Crippen molar-refractivity contribution in [1.82, 2.24) is 14.5 Å². The first-order valence-corrected chi connectivity index (χ1v) is 10.6. The molecule has 4 rings (SSSR count). The van der Waals surface area contributed by atoms with Gasteiger partial charge in [-0.1, -0.05) is 31.0 Å².